The number of phenols is 1. The molecule has 1 aromatic heterocycles. The molecule has 0 aliphatic rings. The Labute approximate surface area is 104 Å². The number of hydrogen-bond acceptors (Lipinski definition) is 3. The fourth-order valence-electron chi connectivity index (χ4n) is 1.87. The highest BCUT2D eigenvalue weighted by atomic mass is 16.3. The normalized spacial score (nSPS) is 10.4. The number of hydrogen-bond donors (Lipinski definition) is 1. The van der Waals surface area contributed by atoms with Gasteiger partial charge in [0.25, 0.3) is 0 Å². The van der Waals surface area contributed by atoms with Gasteiger partial charge in [0.1, 0.15) is 17.7 Å². The van der Waals surface area contributed by atoms with Crippen molar-refractivity contribution in [2.24, 2.45) is 0 Å². The van der Waals surface area contributed by atoms with Gasteiger partial charge in [-0.1, -0.05) is 30.3 Å². The van der Waals surface area contributed by atoms with Crippen molar-refractivity contribution in [1.29, 1.82) is 0 Å². The van der Waals surface area contributed by atoms with Crippen LogP contribution in [0.15, 0.2) is 65.6 Å². The topological polar surface area (TPSA) is 46.3 Å². The average Bonchev–Trinajstić information content (AvgIpc) is 2.94. The first-order valence-electron chi connectivity index (χ1n) is 5.61. The molecule has 0 amide bonds. The van der Waals surface area contributed by atoms with Crippen LogP contribution in [0.4, 0.5) is 0 Å². The van der Waals surface area contributed by atoms with Gasteiger partial charge in [0.2, 0.25) is 0 Å². The number of aromatic nitrogens is 1. The molecule has 0 radical (unpaired) electrons. The zero-order chi connectivity index (χ0) is 12.4. The Hall–Kier alpha value is -2.55. The molecular formula is C15H11NO2. The van der Waals surface area contributed by atoms with Crippen LogP contribution in [0, 0.1) is 0 Å². The van der Waals surface area contributed by atoms with Crippen molar-refractivity contribution >= 4 is 0 Å². The number of oxazole rings is 1. The molecule has 0 saturated heterocycles. The molecule has 3 heteroatoms. The lowest BCUT2D eigenvalue weighted by molar-refractivity contribution is 0.475. The predicted octanol–water partition coefficient (Wildman–Crippen LogP) is 3.71. The smallest absolute Gasteiger partial charge is 0.181 e. The monoisotopic (exact) mass is 237 g/mol. The molecule has 0 fully saturated rings. The minimum absolute atomic E-state index is 0.270. The number of phenolic OH excluding ortho intramolecular Hbond substituents is 1. The Morgan fingerprint density at radius 1 is 0.889 bits per heavy atom. The van der Waals surface area contributed by atoms with Gasteiger partial charge in [-0.25, -0.2) is 4.98 Å². The fourth-order valence-corrected chi connectivity index (χ4v) is 1.87. The third kappa shape index (κ3) is 1.98. The molecule has 3 nitrogen and oxygen atoms in total. The van der Waals surface area contributed by atoms with E-state index in [4.69, 9.17) is 4.42 Å². The first-order valence-corrected chi connectivity index (χ1v) is 5.61. The lowest BCUT2D eigenvalue weighted by Gasteiger charge is -2.04. The molecule has 0 aliphatic carbocycles. The summed E-state index contributed by atoms with van der Waals surface area (Å²) in [6, 6.07) is 15.2. The third-order valence-corrected chi connectivity index (χ3v) is 2.79. The van der Waals surface area contributed by atoms with Crippen LogP contribution in [0.1, 0.15) is 0 Å². The summed E-state index contributed by atoms with van der Waals surface area (Å²) in [5, 5.41) is 9.29. The van der Waals surface area contributed by atoms with Gasteiger partial charge in [0.05, 0.1) is 0 Å². The minimum atomic E-state index is 0.270. The largest absolute Gasteiger partial charge is 0.508 e. The molecule has 3 aromatic rings. The summed E-state index contributed by atoms with van der Waals surface area (Å²) in [6.07, 6.45) is 3.04. The van der Waals surface area contributed by atoms with Crippen molar-refractivity contribution in [3.05, 3.63) is 61.2 Å². The van der Waals surface area contributed by atoms with Crippen molar-refractivity contribution in [2.45, 2.75) is 0 Å². The second-order valence-corrected chi connectivity index (χ2v) is 4.00. The summed E-state index contributed by atoms with van der Waals surface area (Å²) >= 11 is 0. The minimum Gasteiger partial charge on any atom is -0.508 e. The van der Waals surface area contributed by atoms with Crippen LogP contribution >= 0.6 is 0 Å². The van der Waals surface area contributed by atoms with Gasteiger partial charge in [-0.2, -0.15) is 0 Å². The zero-order valence-electron chi connectivity index (χ0n) is 9.58. The second-order valence-electron chi connectivity index (χ2n) is 4.00. The van der Waals surface area contributed by atoms with Crippen LogP contribution in [0.3, 0.4) is 0 Å². The summed E-state index contributed by atoms with van der Waals surface area (Å²) < 4.78 is 4.99. The van der Waals surface area contributed by atoms with E-state index in [-0.39, 0.29) is 5.75 Å². The van der Waals surface area contributed by atoms with E-state index in [1.807, 2.05) is 36.4 Å². The highest BCUT2D eigenvalue weighted by Gasteiger charge is 2.03. The summed E-state index contributed by atoms with van der Waals surface area (Å²) in [4.78, 5) is 4.13. The average molecular weight is 237 g/mol. The lowest BCUT2D eigenvalue weighted by atomic mass is 10.0. The van der Waals surface area contributed by atoms with Gasteiger partial charge >= 0.3 is 0 Å². The van der Waals surface area contributed by atoms with E-state index in [0.717, 1.165) is 22.4 Å². The van der Waals surface area contributed by atoms with Crippen molar-refractivity contribution < 1.29 is 9.52 Å². The molecule has 1 heterocycles. The van der Waals surface area contributed by atoms with Crippen LogP contribution in [0.25, 0.3) is 22.4 Å². The molecule has 88 valence electrons. The van der Waals surface area contributed by atoms with Crippen LogP contribution in [0.5, 0.6) is 5.75 Å². The van der Waals surface area contributed by atoms with E-state index < -0.39 is 0 Å². The number of nitrogens with zero attached hydrogens (tertiary/aromatic N) is 1. The van der Waals surface area contributed by atoms with Crippen molar-refractivity contribution in [1.82, 2.24) is 4.98 Å². The molecule has 0 saturated carbocycles. The quantitative estimate of drug-likeness (QED) is 0.739. The van der Waals surface area contributed by atoms with Crippen molar-refractivity contribution in [3.63, 3.8) is 0 Å². The van der Waals surface area contributed by atoms with Crippen LogP contribution < -0.4 is 0 Å². The number of benzene rings is 2. The van der Waals surface area contributed by atoms with Gasteiger partial charge in [-0.05, 0) is 29.3 Å². The van der Waals surface area contributed by atoms with Crippen LogP contribution in [0.2, 0.25) is 0 Å². The second kappa shape index (κ2) is 4.37. The van der Waals surface area contributed by atoms with Crippen LogP contribution in [-0.2, 0) is 0 Å². The van der Waals surface area contributed by atoms with E-state index in [0.29, 0.717) is 0 Å². The first kappa shape index (κ1) is 10.6. The summed E-state index contributed by atoms with van der Waals surface area (Å²) in [7, 11) is 0. The maximum Gasteiger partial charge on any atom is 0.181 e. The molecular weight excluding hydrogens is 226 g/mol. The third-order valence-electron chi connectivity index (χ3n) is 2.79. The fraction of sp³-hybridized carbons (Fsp3) is 0. The van der Waals surface area contributed by atoms with Gasteiger partial charge in [0, 0.05) is 5.56 Å². The molecule has 1 N–H and O–H groups in total. The van der Waals surface area contributed by atoms with E-state index in [1.165, 1.54) is 6.39 Å². The van der Waals surface area contributed by atoms with Gasteiger partial charge in [-0.3, -0.25) is 0 Å². The SMILES string of the molecule is Oc1ccc(-c2cccc(-c3cocn3)c2)cc1. The highest BCUT2D eigenvalue weighted by Crippen LogP contribution is 2.26. The summed E-state index contributed by atoms with van der Waals surface area (Å²) in [6.45, 7) is 0. The van der Waals surface area contributed by atoms with E-state index in [1.54, 1.807) is 18.4 Å². The van der Waals surface area contributed by atoms with Gasteiger partial charge in [-0.15, -0.1) is 0 Å². The Balaban J connectivity index is 2.03. The van der Waals surface area contributed by atoms with Gasteiger partial charge in [0.15, 0.2) is 6.39 Å². The Bertz CT molecular complexity index is 643. The van der Waals surface area contributed by atoms with Crippen molar-refractivity contribution in [3.8, 4) is 28.1 Å². The molecule has 0 unspecified atom stereocenters. The summed E-state index contributed by atoms with van der Waals surface area (Å²) in [5.74, 6) is 0.270. The number of aromatic hydroxyl groups is 1. The highest BCUT2D eigenvalue weighted by molar-refractivity contribution is 5.71. The zero-order valence-corrected chi connectivity index (χ0v) is 9.58. The molecule has 0 aliphatic heterocycles. The maximum atomic E-state index is 9.29. The Kier molecular flexibility index (Phi) is 2.57. The standard InChI is InChI=1S/C15H11NO2/c17-14-6-4-11(5-7-14)12-2-1-3-13(8-12)15-9-18-10-16-15/h1-10,17H. The van der Waals surface area contributed by atoms with E-state index in [2.05, 4.69) is 4.98 Å². The van der Waals surface area contributed by atoms with Crippen LogP contribution in [-0.4, -0.2) is 10.1 Å². The van der Waals surface area contributed by atoms with Crippen molar-refractivity contribution in [2.75, 3.05) is 0 Å². The maximum absolute atomic E-state index is 9.29. The van der Waals surface area contributed by atoms with Gasteiger partial charge < -0.3 is 9.52 Å². The predicted molar refractivity (Wildman–Crippen MR) is 69.0 cm³/mol. The number of rotatable bonds is 2. The molecule has 2 aromatic carbocycles. The molecule has 18 heavy (non-hydrogen) atoms. The summed E-state index contributed by atoms with van der Waals surface area (Å²) in [5.41, 5.74) is 3.96. The first-order chi connectivity index (χ1) is 8.83. The van der Waals surface area contributed by atoms with E-state index >= 15 is 0 Å². The lowest BCUT2D eigenvalue weighted by Crippen LogP contribution is -1.81. The molecule has 3 rings (SSSR count). The van der Waals surface area contributed by atoms with E-state index in [9.17, 15) is 5.11 Å². The Morgan fingerprint density at radius 2 is 1.67 bits per heavy atom. The Morgan fingerprint density at radius 3 is 2.39 bits per heavy atom. The molecule has 0 bridgehead atoms. The molecule has 0 atom stereocenters. The molecule has 0 spiro atoms.